The normalized spacial score (nSPS) is 13.6. The number of hydrogen-bond donors (Lipinski definition) is 1. The number of nitrogens with zero attached hydrogens (tertiary/aromatic N) is 3. The van der Waals surface area contributed by atoms with Gasteiger partial charge in [-0.2, -0.15) is 9.13 Å². The molecule has 0 atom stereocenters. The van der Waals surface area contributed by atoms with Crippen LogP contribution in [0.3, 0.4) is 0 Å². The van der Waals surface area contributed by atoms with Gasteiger partial charge in [0.2, 0.25) is 22.8 Å². The molecule has 1 N–H and O–H groups in total. The summed E-state index contributed by atoms with van der Waals surface area (Å²) in [4.78, 5) is 3.95. The summed E-state index contributed by atoms with van der Waals surface area (Å²) in [7, 11) is 6.83. The van der Waals surface area contributed by atoms with Crippen LogP contribution in [0.4, 0.5) is 0 Å². The van der Waals surface area contributed by atoms with Gasteiger partial charge in [0.25, 0.3) is 0 Å². The summed E-state index contributed by atoms with van der Waals surface area (Å²) in [5.74, 6) is 0. The van der Waals surface area contributed by atoms with E-state index >= 15 is 0 Å². The molecule has 0 aliphatic carbocycles. The molecule has 0 unspecified atom stereocenters. The molecular formula is C39H54N4+2. The van der Waals surface area contributed by atoms with E-state index < -0.39 is 0 Å². The van der Waals surface area contributed by atoms with E-state index in [0.29, 0.717) is 0 Å². The number of aryl methyl sites for hydroxylation is 5. The molecule has 0 spiro atoms. The van der Waals surface area contributed by atoms with E-state index in [1.165, 1.54) is 89.4 Å². The summed E-state index contributed by atoms with van der Waals surface area (Å²) < 4.78 is 7.41. The Bertz CT molecular complexity index is 1820. The average molecular weight is 579 g/mol. The Hall–Kier alpha value is -3.40. The van der Waals surface area contributed by atoms with Crippen molar-refractivity contribution in [3.05, 3.63) is 69.3 Å². The number of nitrogens with one attached hydrogen (secondary N) is 1. The van der Waals surface area contributed by atoms with Gasteiger partial charge in [0.05, 0.1) is 11.6 Å². The Balaban J connectivity index is 2.14. The third-order valence-electron chi connectivity index (χ3n) is 10.3. The van der Waals surface area contributed by atoms with Gasteiger partial charge in [0.15, 0.2) is 0 Å². The SMILES string of the molecule is CCC1=C(CC)c2cc3[nH]c(cc4c(CC)c(CC)c(cc5[n+](C)c(cc1[n+]2C)C(CC)=C5CC)n4C)c(CC)c3CC. The van der Waals surface area contributed by atoms with Crippen LogP contribution in [0.15, 0.2) is 24.3 Å². The Kier molecular flexibility index (Phi) is 8.88. The zero-order valence-corrected chi connectivity index (χ0v) is 28.8. The maximum absolute atomic E-state index is 3.95. The molecule has 2 aliphatic rings. The van der Waals surface area contributed by atoms with Crippen LogP contribution in [0.1, 0.15) is 126 Å². The average Bonchev–Trinajstić information content (AvgIpc) is 3.65. The van der Waals surface area contributed by atoms with Crippen LogP contribution in [0.2, 0.25) is 0 Å². The van der Waals surface area contributed by atoms with Crippen molar-refractivity contribution in [2.45, 2.75) is 107 Å². The quantitative estimate of drug-likeness (QED) is 0.259. The minimum absolute atomic E-state index is 1.02. The van der Waals surface area contributed by atoms with Crippen LogP contribution in [-0.2, 0) is 46.8 Å². The van der Waals surface area contributed by atoms with Gasteiger partial charge in [0.1, 0.15) is 14.1 Å². The minimum atomic E-state index is 1.02. The first kappa shape index (κ1) is 31.0. The number of aromatic amines is 1. The molecule has 3 aromatic rings. The van der Waals surface area contributed by atoms with Crippen molar-refractivity contribution in [1.29, 1.82) is 0 Å². The topological polar surface area (TPSA) is 28.5 Å². The lowest BCUT2D eigenvalue weighted by Gasteiger charge is -2.01. The minimum Gasteiger partial charge on any atom is -0.355 e. The lowest BCUT2D eigenvalue weighted by Crippen LogP contribution is -2.35. The van der Waals surface area contributed by atoms with Crippen LogP contribution in [0, 0.1) is 0 Å². The number of rotatable bonds is 8. The molecule has 8 bridgehead atoms. The van der Waals surface area contributed by atoms with E-state index in [2.05, 4.69) is 119 Å². The van der Waals surface area contributed by atoms with Crippen LogP contribution in [0.25, 0.3) is 44.4 Å². The van der Waals surface area contributed by atoms with Gasteiger partial charge < -0.3 is 9.55 Å². The summed E-state index contributed by atoms with van der Waals surface area (Å²) in [6, 6.07) is 9.90. The van der Waals surface area contributed by atoms with Crippen molar-refractivity contribution in [2.24, 2.45) is 21.1 Å². The standard InChI is InChI=1S/C39H53N4/c1-12-24-25(13-2)33-21-35-27(15-4)29(17-6)37(42(35)10)23-39-31(19-8)30(18-7)38(43(39)11)22-36-28(16-5)26(14-3)34(41(36)9)20-32(24)40-33/h20-23H,12-19H2,1-11H3/q+1/p+1. The lowest BCUT2D eigenvalue weighted by atomic mass is 9.97. The van der Waals surface area contributed by atoms with Gasteiger partial charge in [-0.15, -0.1) is 0 Å². The number of aromatic nitrogens is 4. The molecule has 0 fully saturated rings. The number of H-pyrrole nitrogens is 1. The predicted octanol–water partition coefficient (Wildman–Crippen LogP) is 8.90. The number of allylic oxidation sites excluding steroid dienone is 4. The van der Waals surface area contributed by atoms with Gasteiger partial charge in [-0.3, -0.25) is 0 Å². The van der Waals surface area contributed by atoms with E-state index in [0.717, 1.165) is 51.4 Å². The first-order chi connectivity index (χ1) is 20.7. The third kappa shape index (κ3) is 4.73. The Labute approximate surface area is 259 Å². The van der Waals surface area contributed by atoms with Crippen molar-refractivity contribution < 1.29 is 9.13 Å². The predicted molar refractivity (Wildman–Crippen MR) is 185 cm³/mol. The summed E-state index contributed by atoms with van der Waals surface area (Å²) in [6.45, 7) is 18.5. The van der Waals surface area contributed by atoms with E-state index in [-0.39, 0.29) is 0 Å². The lowest BCUT2D eigenvalue weighted by molar-refractivity contribution is -0.679. The molecule has 43 heavy (non-hydrogen) atoms. The maximum atomic E-state index is 3.95. The molecule has 0 radical (unpaired) electrons. The fraction of sp³-hybridized carbons (Fsp3) is 0.487. The molecule has 4 nitrogen and oxygen atoms in total. The fourth-order valence-corrected chi connectivity index (χ4v) is 8.21. The van der Waals surface area contributed by atoms with Crippen molar-refractivity contribution in [2.75, 3.05) is 0 Å². The molecule has 0 amide bonds. The highest BCUT2D eigenvalue weighted by atomic mass is 15.0. The van der Waals surface area contributed by atoms with Crippen molar-refractivity contribution in [1.82, 2.24) is 9.55 Å². The van der Waals surface area contributed by atoms with Crippen molar-refractivity contribution in [3.63, 3.8) is 0 Å². The van der Waals surface area contributed by atoms with Crippen LogP contribution >= 0.6 is 0 Å². The highest BCUT2D eigenvalue weighted by Crippen LogP contribution is 2.38. The second-order valence-electron chi connectivity index (χ2n) is 12.2. The van der Waals surface area contributed by atoms with Gasteiger partial charge >= 0.3 is 0 Å². The Morgan fingerprint density at radius 3 is 1.21 bits per heavy atom. The van der Waals surface area contributed by atoms with Gasteiger partial charge in [-0.25, -0.2) is 0 Å². The first-order valence-electron chi connectivity index (χ1n) is 17.0. The molecule has 4 heteroatoms. The zero-order valence-electron chi connectivity index (χ0n) is 28.8. The first-order valence-corrected chi connectivity index (χ1v) is 17.0. The smallest absolute Gasteiger partial charge is 0.215 e. The summed E-state index contributed by atoms with van der Waals surface area (Å²) in [6.07, 6.45) is 8.19. The van der Waals surface area contributed by atoms with Crippen LogP contribution in [0.5, 0.6) is 0 Å². The highest BCUT2D eigenvalue weighted by Gasteiger charge is 2.34. The van der Waals surface area contributed by atoms with Gasteiger partial charge in [-0.1, -0.05) is 55.4 Å². The monoisotopic (exact) mass is 578 g/mol. The maximum Gasteiger partial charge on any atom is 0.215 e. The molecule has 5 rings (SSSR count). The second-order valence-corrected chi connectivity index (χ2v) is 12.2. The summed E-state index contributed by atoms with van der Waals surface area (Å²) in [5, 5.41) is 0. The van der Waals surface area contributed by atoms with E-state index in [4.69, 9.17) is 0 Å². The Morgan fingerprint density at radius 1 is 0.465 bits per heavy atom. The van der Waals surface area contributed by atoms with Crippen LogP contribution in [-0.4, -0.2) is 9.55 Å². The van der Waals surface area contributed by atoms with Crippen molar-refractivity contribution in [3.8, 4) is 0 Å². The molecule has 3 aromatic heterocycles. The fourth-order valence-electron chi connectivity index (χ4n) is 8.21. The second kappa shape index (κ2) is 12.3. The van der Waals surface area contributed by atoms with E-state index in [9.17, 15) is 0 Å². The Morgan fingerprint density at radius 2 is 0.814 bits per heavy atom. The summed E-state index contributed by atoms with van der Waals surface area (Å²) in [5.41, 5.74) is 22.4. The molecular weight excluding hydrogens is 524 g/mol. The third-order valence-corrected chi connectivity index (χ3v) is 10.3. The molecule has 0 aromatic carbocycles. The molecule has 5 heterocycles. The molecule has 228 valence electrons. The van der Waals surface area contributed by atoms with Gasteiger partial charge in [0, 0.05) is 58.0 Å². The van der Waals surface area contributed by atoms with E-state index in [1.54, 1.807) is 0 Å². The van der Waals surface area contributed by atoms with Crippen molar-refractivity contribution >= 4 is 44.4 Å². The summed E-state index contributed by atoms with van der Waals surface area (Å²) >= 11 is 0. The van der Waals surface area contributed by atoms with Gasteiger partial charge in [-0.05, 0) is 79.7 Å². The number of hydrogen-bond acceptors (Lipinski definition) is 0. The largest absolute Gasteiger partial charge is 0.355 e. The molecule has 2 aliphatic heterocycles. The highest BCUT2D eigenvalue weighted by molar-refractivity contribution is 5.93. The zero-order chi connectivity index (χ0) is 31.2. The molecule has 0 saturated heterocycles. The molecule has 0 saturated carbocycles. The van der Waals surface area contributed by atoms with E-state index in [1.807, 2.05) is 0 Å². The number of fused-ring (bicyclic) bond motifs is 8. The van der Waals surface area contributed by atoms with Crippen LogP contribution < -0.4 is 9.13 Å².